The second kappa shape index (κ2) is 9.68. The van der Waals surface area contributed by atoms with Crippen molar-refractivity contribution >= 4 is 5.91 Å². The maximum atomic E-state index is 12.1. The molecule has 1 aliphatic carbocycles. The molecule has 1 saturated carbocycles. The molecule has 128 valence electrons. The third-order valence-corrected chi connectivity index (χ3v) is 4.61. The Morgan fingerprint density at radius 2 is 1.87 bits per heavy atom. The summed E-state index contributed by atoms with van der Waals surface area (Å²) in [5.41, 5.74) is 0.919. The van der Waals surface area contributed by atoms with Gasteiger partial charge in [0, 0.05) is 25.6 Å². The summed E-state index contributed by atoms with van der Waals surface area (Å²) in [6.07, 6.45) is 7.28. The van der Waals surface area contributed by atoms with Gasteiger partial charge in [-0.25, -0.2) is 0 Å². The normalized spacial score (nSPS) is 17.7. The zero-order chi connectivity index (χ0) is 16.5. The topological polar surface area (TPSA) is 52.6 Å². The van der Waals surface area contributed by atoms with E-state index in [4.69, 9.17) is 0 Å². The number of nitrogens with zero attached hydrogens (tertiary/aromatic N) is 1. The highest BCUT2D eigenvalue weighted by molar-refractivity contribution is 5.76. The van der Waals surface area contributed by atoms with Crippen LogP contribution in [0.2, 0.25) is 0 Å². The van der Waals surface area contributed by atoms with Gasteiger partial charge in [-0.15, -0.1) is 0 Å². The van der Waals surface area contributed by atoms with Crippen molar-refractivity contribution in [3.05, 3.63) is 35.9 Å². The molecule has 1 aromatic rings. The minimum atomic E-state index is -0.508. The Bertz CT molecular complexity index is 456. The molecule has 4 heteroatoms. The predicted molar refractivity (Wildman–Crippen MR) is 93.1 cm³/mol. The summed E-state index contributed by atoms with van der Waals surface area (Å²) < 4.78 is 0. The number of hydrogen-bond acceptors (Lipinski definition) is 3. The molecule has 1 atom stereocenters. The smallest absolute Gasteiger partial charge is 0.221 e. The van der Waals surface area contributed by atoms with E-state index in [1.54, 1.807) is 0 Å². The lowest BCUT2D eigenvalue weighted by Gasteiger charge is -2.21. The molecule has 2 rings (SSSR count). The van der Waals surface area contributed by atoms with Gasteiger partial charge in [0.05, 0.1) is 6.10 Å². The fourth-order valence-electron chi connectivity index (χ4n) is 3.18. The van der Waals surface area contributed by atoms with Crippen LogP contribution in [-0.4, -0.2) is 42.1 Å². The van der Waals surface area contributed by atoms with Gasteiger partial charge in [-0.1, -0.05) is 56.0 Å². The van der Waals surface area contributed by atoms with Gasteiger partial charge >= 0.3 is 0 Å². The van der Waals surface area contributed by atoms with E-state index in [2.05, 4.69) is 5.32 Å². The standard InChI is InChI=1S/C19H30N2O2/c1-21(15-18(22)16-9-5-4-6-10-16)14-13-19(23)20-17-11-7-2-3-8-12-17/h4-6,9-10,17-18,22H,2-3,7-8,11-15H2,1H3,(H,20,23)/t18-/m1/s1. The number of nitrogens with one attached hydrogen (secondary N) is 1. The Kier molecular flexibility index (Phi) is 7.56. The Hall–Kier alpha value is -1.39. The molecule has 2 N–H and O–H groups in total. The van der Waals surface area contributed by atoms with Crippen LogP contribution in [0.25, 0.3) is 0 Å². The molecule has 0 radical (unpaired) electrons. The fourth-order valence-corrected chi connectivity index (χ4v) is 3.18. The highest BCUT2D eigenvalue weighted by atomic mass is 16.3. The first kappa shape index (κ1) is 18.0. The van der Waals surface area contributed by atoms with E-state index in [-0.39, 0.29) is 5.91 Å². The van der Waals surface area contributed by atoms with Crippen LogP contribution in [-0.2, 0) is 4.79 Å². The van der Waals surface area contributed by atoms with Crippen LogP contribution in [0.5, 0.6) is 0 Å². The first-order valence-electron chi connectivity index (χ1n) is 8.86. The van der Waals surface area contributed by atoms with E-state index in [0.717, 1.165) is 18.4 Å². The second-order valence-electron chi connectivity index (χ2n) is 6.69. The number of benzene rings is 1. The molecule has 0 unspecified atom stereocenters. The zero-order valence-electron chi connectivity index (χ0n) is 14.2. The molecule has 0 bridgehead atoms. The van der Waals surface area contributed by atoms with E-state index >= 15 is 0 Å². The van der Waals surface area contributed by atoms with Crippen molar-refractivity contribution in [1.29, 1.82) is 0 Å². The molecule has 23 heavy (non-hydrogen) atoms. The van der Waals surface area contributed by atoms with Crippen molar-refractivity contribution in [1.82, 2.24) is 10.2 Å². The molecule has 1 fully saturated rings. The van der Waals surface area contributed by atoms with E-state index in [9.17, 15) is 9.90 Å². The maximum absolute atomic E-state index is 12.1. The fraction of sp³-hybridized carbons (Fsp3) is 0.632. The number of carbonyl (C=O) groups is 1. The van der Waals surface area contributed by atoms with Gasteiger partial charge in [0.25, 0.3) is 0 Å². The van der Waals surface area contributed by atoms with E-state index in [1.165, 1.54) is 25.7 Å². The van der Waals surface area contributed by atoms with Gasteiger partial charge < -0.3 is 15.3 Å². The SMILES string of the molecule is CN(CCC(=O)NC1CCCCCC1)C[C@@H](O)c1ccccc1. The quantitative estimate of drug-likeness (QED) is 0.760. The van der Waals surface area contributed by atoms with Crippen LogP contribution in [0.15, 0.2) is 30.3 Å². The van der Waals surface area contributed by atoms with Gasteiger partial charge in [0.2, 0.25) is 5.91 Å². The second-order valence-corrected chi connectivity index (χ2v) is 6.69. The zero-order valence-corrected chi connectivity index (χ0v) is 14.2. The molecule has 0 spiro atoms. The Labute approximate surface area is 139 Å². The largest absolute Gasteiger partial charge is 0.387 e. The summed E-state index contributed by atoms with van der Waals surface area (Å²) in [7, 11) is 1.95. The molecule has 0 saturated heterocycles. The molecule has 1 aromatic carbocycles. The highest BCUT2D eigenvalue weighted by Crippen LogP contribution is 2.17. The lowest BCUT2D eigenvalue weighted by Crippen LogP contribution is -2.36. The van der Waals surface area contributed by atoms with Gasteiger partial charge in [-0.2, -0.15) is 0 Å². The molecular weight excluding hydrogens is 288 g/mol. The predicted octanol–water partition coefficient (Wildman–Crippen LogP) is 2.88. The maximum Gasteiger partial charge on any atom is 0.221 e. The van der Waals surface area contributed by atoms with Crippen molar-refractivity contribution in [2.24, 2.45) is 0 Å². The van der Waals surface area contributed by atoms with Gasteiger partial charge in [-0.05, 0) is 25.5 Å². The Morgan fingerprint density at radius 3 is 2.52 bits per heavy atom. The van der Waals surface area contributed by atoms with Crippen LogP contribution >= 0.6 is 0 Å². The summed E-state index contributed by atoms with van der Waals surface area (Å²) in [6, 6.07) is 10.0. The van der Waals surface area contributed by atoms with E-state index in [0.29, 0.717) is 25.6 Å². The van der Waals surface area contributed by atoms with Crippen LogP contribution in [0, 0.1) is 0 Å². The lowest BCUT2D eigenvalue weighted by atomic mass is 10.1. The van der Waals surface area contributed by atoms with Crippen LogP contribution < -0.4 is 5.32 Å². The third kappa shape index (κ3) is 6.71. The van der Waals surface area contributed by atoms with Crippen molar-refractivity contribution in [3.8, 4) is 0 Å². The molecule has 1 amide bonds. The van der Waals surface area contributed by atoms with E-state index in [1.807, 2.05) is 42.3 Å². The first-order chi connectivity index (χ1) is 11.1. The molecule has 0 aliphatic heterocycles. The van der Waals surface area contributed by atoms with Gasteiger partial charge in [0.15, 0.2) is 0 Å². The number of hydrogen-bond donors (Lipinski definition) is 2. The minimum Gasteiger partial charge on any atom is -0.387 e. The van der Waals surface area contributed by atoms with Crippen molar-refractivity contribution < 1.29 is 9.90 Å². The highest BCUT2D eigenvalue weighted by Gasteiger charge is 2.16. The van der Waals surface area contributed by atoms with Gasteiger partial charge in [-0.3, -0.25) is 4.79 Å². The molecule has 4 nitrogen and oxygen atoms in total. The Balaban J connectivity index is 1.67. The van der Waals surface area contributed by atoms with Crippen molar-refractivity contribution in [3.63, 3.8) is 0 Å². The van der Waals surface area contributed by atoms with Crippen LogP contribution in [0.4, 0.5) is 0 Å². The summed E-state index contributed by atoms with van der Waals surface area (Å²) >= 11 is 0. The first-order valence-corrected chi connectivity index (χ1v) is 8.86. The van der Waals surface area contributed by atoms with Gasteiger partial charge in [0.1, 0.15) is 0 Å². The number of aliphatic hydroxyl groups excluding tert-OH is 1. The Morgan fingerprint density at radius 1 is 1.22 bits per heavy atom. The number of aliphatic hydroxyl groups is 1. The number of carbonyl (C=O) groups excluding carboxylic acids is 1. The van der Waals surface area contributed by atoms with Crippen LogP contribution in [0.3, 0.4) is 0 Å². The number of amides is 1. The molecule has 0 aromatic heterocycles. The molecule has 0 heterocycles. The minimum absolute atomic E-state index is 0.137. The summed E-state index contributed by atoms with van der Waals surface area (Å²) in [6.45, 7) is 1.21. The average Bonchev–Trinajstić information content (AvgIpc) is 2.82. The van der Waals surface area contributed by atoms with Crippen LogP contribution in [0.1, 0.15) is 56.6 Å². The lowest BCUT2D eigenvalue weighted by molar-refractivity contribution is -0.122. The third-order valence-electron chi connectivity index (χ3n) is 4.61. The summed E-state index contributed by atoms with van der Waals surface area (Å²) in [5.74, 6) is 0.137. The number of rotatable bonds is 7. The summed E-state index contributed by atoms with van der Waals surface area (Å²) in [5, 5.41) is 13.4. The summed E-state index contributed by atoms with van der Waals surface area (Å²) in [4.78, 5) is 14.1. The molecule has 1 aliphatic rings. The monoisotopic (exact) mass is 318 g/mol. The number of likely N-dealkylation sites (N-methyl/N-ethyl adjacent to an activating group) is 1. The van der Waals surface area contributed by atoms with E-state index < -0.39 is 6.10 Å². The van der Waals surface area contributed by atoms with Crippen molar-refractivity contribution in [2.45, 2.75) is 57.1 Å². The van der Waals surface area contributed by atoms with Crippen molar-refractivity contribution in [2.75, 3.05) is 20.1 Å². The molecular formula is C19H30N2O2. The average molecular weight is 318 g/mol.